The smallest absolute Gasteiger partial charge is 0.434 e. The molecule has 7 rings (SSSR count). The van der Waals surface area contributed by atoms with Gasteiger partial charge >= 0.3 is 18.3 Å². The summed E-state index contributed by atoms with van der Waals surface area (Å²) >= 11 is 0. The summed E-state index contributed by atoms with van der Waals surface area (Å²) in [7, 11) is 0. The van der Waals surface area contributed by atoms with E-state index in [1.807, 2.05) is 13.0 Å². The first-order chi connectivity index (χ1) is 23.6. The number of hydrogen-bond acceptors (Lipinski definition) is 7. The molecular formula is C35H41F6N5O4. The van der Waals surface area contributed by atoms with Crippen molar-refractivity contribution in [3.8, 4) is 5.75 Å². The molecule has 9 nitrogen and oxygen atoms in total. The van der Waals surface area contributed by atoms with Crippen LogP contribution in [0.4, 0.5) is 38.0 Å². The first kappa shape index (κ1) is 34.8. The lowest BCUT2D eigenvalue weighted by Gasteiger charge is -2.33. The summed E-state index contributed by atoms with van der Waals surface area (Å²) in [6, 6.07) is 5.35. The lowest BCUT2D eigenvalue weighted by molar-refractivity contribution is -0.149. The number of amides is 1. The average molecular weight is 710 g/mol. The highest BCUT2D eigenvalue weighted by atomic mass is 19.4. The summed E-state index contributed by atoms with van der Waals surface area (Å²) in [6.45, 7) is 1.91. The Kier molecular flexibility index (Phi) is 8.74. The fraction of sp³-hybridized carbons (Fsp3) is 0.657. The molecule has 3 saturated carbocycles. The van der Waals surface area contributed by atoms with Gasteiger partial charge in [0.25, 0.3) is 5.91 Å². The summed E-state index contributed by atoms with van der Waals surface area (Å²) in [5.41, 5.74) is -2.77. The zero-order chi connectivity index (χ0) is 35.6. The summed E-state index contributed by atoms with van der Waals surface area (Å²) in [6.07, 6.45) is -2.25. The van der Waals surface area contributed by atoms with E-state index < -0.39 is 47.6 Å². The van der Waals surface area contributed by atoms with Gasteiger partial charge in [-0.2, -0.15) is 26.3 Å². The van der Waals surface area contributed by atoms with Gasteiger partial charge in [-0.3, -0.25) is 9.69 Å². The van der Waals surface area contributed by atoms with Crippen LogP contribution in [0, 0.1) is 17.8 Å². The van der Waals surface area contributed by atoms with E-state index in [2.05, 4.69) is 15.3 Å². The van der Waals surface area contributed by atoms with Crippen LogP contribution < -0.4 is 15.0 Å². The molecule has 2 aromatic rings. The average Bonchev–Trinajstić information content (AvgIpc) is 3.71. The molecule has 1 aromatic carbocycles. The van der Waals surface area contributed by atoms with Crippen molar-refractivity contribution in [3.05, 3.63) is 41.2 Å². The number of piperidine rings is 1. The van der Waals surface area contributed by atoms with E-state index in [0.717, 1.165) is 43.9 Å². The molecule has 1 saturated heterocycles. The minimum Gasteiger partial charge on any atom is -0.490 e. The number of alkyl halides is 6. The third-order valence-electron chi connectivity index (χ3n) is 11.7. The molecule has 15 heteroatoms. The van der Waals surface area contributed by atoms with Crippen LogP contribution >= 0.6 is 0 Å². The van der Waals surface area contributed by atoms with Gasteiger partial charge in [0.1, 0.15) is 17.4 Å². The number of nitrogens with one attached hydrogen (secondary N) is 1. The topological polar surface area (TPSA) is 108 Å². The minimum atomic E-state index is -5.03. The van der Waals surface area contributed by atoms with Gasteiger partial charge in [-0.1, -0.05) is 19.8 Å². The number of carboxylic acid groups (broad SMARTS) is 1. The first-order valence-corrected chi connectivity index (χ1v) is 17.4. The molecule has 50 heavy (non-hydrogen) atoms. The van der Waals surface area contributed by atoms with Gasteiger partial charge in [0.2, 0.25) is 5.95 Å². The van der Waals surface area contributed by atoms with Crippen LogP contribution in [0.1, 0.15) is 92.7 Å². The molecule has 1 amide bonds. The Balaban J connectivity index is 1.14. The predicted octanol–water partition coefficient (Wildman–Crippen LogP) is 6.87. The minimum absolute atomic E-state index is 0.0706. The summed E-state index contributed by atoms with van der Waals surface area (Å²) in [4.78, 5) is 37.3. The predicted molar refractivity (Wildman–Crippen MR) is 169 cm³/mol. The molecule has 2 aliphatic heterocycles. The van der Waals surface area contributed by atoms with Crippen molar-refractivity contribution in [2.24, 2.45) is 17.8 Å². The highest BCUT2D eigenvalue weighted by Crippen LogP contribution is 2.54. The number of carbonyl (C=O) groups is 2. The maximum absolute atomic E-state index is 14.6. The van der Waals surface area contributed by atoms with Crippen molar-refractivity contribution in [1.29, 1.82) is 0 Å². The Bertz CT molecular complexity index is 1640. The number of carbonyl (C=O) groups excluding carboxylic acids is 1. The van der Waals surface area contributed by atoms with Crippen molar-refractivity contribution in [2.75, 3.05) is 31.1 Å². The maximum Gasteiger partial charge on any atom is 0.434 e. The number of benzene rings is 1. The number of nitrogens with zero attached hydrogens (tertiary/aromatic N) is 4. The number of halogens is 6. The van der Waals surface area contributed by atoms with Gasteiger partial charge in [0.05, 0.1) is 12.1 Å². The highest BCUT2D eigenvalue weighted by molar-refractivity contribution is 5.99. The second kappa shape index (κ2) is 12.6. The number of fused-ring (bicyclic) bond motifs is 4. The molecule has 1 spiro atoms. The lowest BCUT2D eigenvalue weighted by Crippen LogP contribution is -2.57. The molecule has 272 valence electrons. The molecule has 4 unspecified atom stereocenters. The zero-order valence-corrected chi connectivity index (χ0v) is 27.7. The Morgan fingerprint density at radius 1 is 1.06 bits per heavy atom. The molecule has 0 radical (unpaired) electrons. The quantitative estimate of drug-likeness (QED) is 0.300. The van der Waals surface area contributed by atoms with E-state index in [4.69, 9.17) is 4.74 Å². The summed E-state index contributed by atoms with van der Waals surface area (Å²) < 4.78 is 88.5. The van der Waals surface area contributed by atoms with Crippen LogP contribution in [0.25, 0.3) is 0 Å². The molecule has 4 atom stereocenters. The van der Waals surface area contributed by atoms with Gasteiger partial charge in [0.15, 0.2) is 5.69 Å². The fourth-order valence-corrected chi connectivity index (χ4v) is 9.57. The van der Waals surface area contributed by atoms with Crippen LogP contribution in [0.15, 0.2) is 24.4 Å². The molecule has 3 heterocycles. The van der Waals surface area contributed by atoms with Crippen LogP contribution in [0.5, 0.6) is 5.75 Å². The van der Waals surface area contributed by atoms with E-state index in [1.165, 1.54) is 4.90 Å². The third-order valence-corrected chi connectivity index (χ3v) is 11.7. The number of aliphatic carboxylic acids is 1. The normalized spacial score (nSPS) is 28.2. The lowest BCUT2D eigenvalue weighted by atomic mass is 9.78. The Morgan fingerprint density at radius 2 is 1.78 bits per heavy atom. The van der Waals surface area contributed by atoms with E-state index in [9.17, 15) is 41.0 Å². The van der Waals surface area contributed by atoms with Crippen LogP contribution in [0.3, 0.4) is 0 Å². The van der Waals surface area contributed by atoms with E-state index in [0.29, 0.717) is 43.7 Å². The maximum atomic E-state index is 14.6. The van der Waals surface area contributed by atoms with Crippen molar-refractivity contribution >= 4 is 23.5 Å². The molecule has 4 fully saturated rings. The Hall–Kier alpha value is -3.62. The fourth-order valence-electron chi connectivity index (χ4n) is 9.57. The number of rotatable bonds is 7. The van der Waals surface area contributed by atoms with Crippen molar-refractivity contribution < 1.29 is 45.8 Å². The van der Waals surface area contributed by atoms with E-state index in [-0.39, 0.29) is 54.7 Å². The Morgan fingerprint density at radius 3 is 2.44 bits per heavy atom. The number of likely N-dealkylation sites (tertiary alicyclic amines) is 1. The van der Waals surface area contributed by atoms with Crippen LogP contribution in [-0.2, 0) is 16.4 Å². The second-order valence-electron chi connectivity index (χ2n) is 15.2. The summed E-state index contributed by atoms with van der Waals surface area (Å²) in [5, 5.41) is 12.7. The molecule has 2 bridgehead atoms. The zero-order valence-electron chi connectivity index (χ0n) is 27.7. The summed E-state index contributed by atoms with van der Waals surface area (Å²) in [5.74, 6) is -2.13. The number of hydrogen-bond donors (Lipinski definition) is 2. The van der Waals surface area contributed by atoms with Crippen molar-refractivity contribution in [1.82, 2.24) is 20.2 Å². The number of aromatic nitrogens is 2. The van der Waals surface area contributed by atoms with E-state index >= 15 is 0 Å². The van der Waals surface area contributed by atoms with Crippen molar-refractivity contribution in [3.63, 3.8) is 0 Å². The standard InChI is InChI=1S/C35H41F6N5O4/c1-20-12-21-14-22(13-20)33(16-21,30(48)49)44-29(47)25-17-42-31(43-28(25)35(39,40)41)46-18-32(8-2-3-9-32)26-15-24(4-5-27(26)46)50-23-6-10-45(11-7-23)19-34(36,37)38/h4-5,15,17,20-23H,2-3,6-14,16,18-19H2,1H3,(H,44,47)(H,48,49). The number of anilines is 2. The van der Waals surface area contributed by atoms with Gasteiger partial charge in [0, 0.05) is 36.9 Å². The third kappa shape index (κ3) is 6.50. The SMILES string of the molecule is CC1CC2CC(C1)C(NC(=O)c1cnc(N3CC4(CCCC4)c4cc(OC5CCN(CC(F)(F)F)CC5)ccc43)nc1C(F)(F)F)(C(=O)O)C2. The second-order valence-corrected chi connectivity index (χ2v) is 15.2. The van der Waals surface area contributed by atoms with Gasteiger partial charge in [-0.05, 0) is 92.9 Å². The van der Waals surface area contributed by atoms with Gasteiger partial charge in [-0.25, -0.2) is 14.8 Å². The molecule has 1 aromatic heterocycles. The van der Waals surface area contributed by atoms with Gasteiger partial charge < -0.3 is 20.1 Å². The Labute approximate surface area is 285 Å². The molecule has 2 N–H and O–H groups in total. The van der Waals surface area contributed by atoms with Gasteiger partial charge in [-0.15, -0.1) is 0 Å². The van der Waals surface area contributed by atoms with Crippen LogP contribution in [-0.4, -0.2) is 75.8 Å². The van der Waals surface area contributed by atoms with E-state index in [1.54, 1.807) is 17.0 Å². The molecule has 5 aliphatic rings. The van der Waals surface area contributed by atoms with Crippen LogP contribution in [0.2, 0.25) is 0 Å². The highest BCUT2D eigenvalue weighted by Gasteiger charge is 2.57. The largest absolute Gasteiger partial charge is 0.490 e. The number of ether oxygens (including phenoxy) is 1. The van der Waals surface area contributed by atoms with Crippen molar-refractivity contribution in [2.45, 2.75) is 101 Å². The molecular weight excluding hydrogens is 668 g/mol. The first-order valence-electron chi connectivity index (χ1n) is 17.4. The molecule has 3 aliphatic carbocycles. The number of carboxylic acids is 1. The monoisotopic (exact) mass is 709 g/mol.